The Morgan fingerprint density at radius 1 is 0.976 bits per heavy atom. The van der Waals surface area contributed by atoms with Gasteiger partial charge in [-0.25, -0.2) is 8.42 Å². The lowest BCUT2D eigenvalue weighted by Gasteiger charge is -2.37. The van der Waals surface area contributed by atoms with E-state index < -0.39 is 26.7 Å². The molecule has 0 aliphatic carbocycles. The zero-order valence-electron chi connectivity index (χ0n) is 24.3. The molecule has 0 radical (unpaired) electrons. The number of carbonyl (C=O) groups is 2. The van der Waals surface area contributed by atoms with Crippen LogP contribution in [0.3, 0.4) is 0 Å². The molecule has 2 aliphatic heterocycles. The third kappa shape index (κ3) is 4.57. The summed E-state index contributed by atoms with van der Waals surface area (Å²) >= 11 is 6.51. The molecule has 2 atom stereocenters. The lowest BCUT2D eigenvalue weighted by molar-refractivity contribution is -0.123. The highest BCUT2D eigenvalue weighted by molar-refractivity contribution is 7.89. The molecule has 2 aliphatic rings. The Morgan fingerprint density at radius 3 is 2.29 bits per heavy atom. The lowest BCUT2D eigenvalue weighted by Crippen LogP contribution is -2.53. The standard InChI is InChI=1S/C32H36ClN3O4S/c1-20(2)29-32(16-17-35(29)41(39,40)21(3)4)26-12-7-8-13-28(26)36(31(32)38)24-11-9-10-22(18-24)23-14-15-25(27(33)19-23)30(37)34(5)6/h7-15,18-21,29H,16-17H2,1-6H3/t29-,32-/m0/s1. The number of hydrogen-bond acceptors (Lipinski definition) is 4. The first-order chi connectivity index (χ1) is 19.3. The molecular formula is C32H36ClN3O4S. The smallest absolute Gasteiger partial charge is 0.254 e. The summed E-state index contributed by atoms with van der Waals surface area (Å²) in [7, 11) is -0.221. The molecule has 0 saturated carbocycles. The number of para-hydroxylation sites is 1. The van der Waals surface area contributed by atoms with Crippen molar-refractivity contribution in [2.24, 2.45) is 5.92 Å². The Morgan fingerprint density at radius 2 is 1.66 bits per heavy atom. The maximum Gasteiger partial charge on any atom is 0.254 e. The molecule has 0 N–H and O–H groups in total. The zero-order chi connectivity index (χ0) is 29.9. The van der Waals surface area contributed by atoms with Crippen LogP contribution in [-0.4, -0.2) is 61.4 Å². The van der Waals surface area contributed by atoms with Gasteiger partial charge in [-0.1, -0.05) is 61.8 Å². The van der Waals surface area contributed by atoms with Crippen LogP contribution in [-0.2, 0) is 20.2 Å². The highest BCUT2D eigenvalue weighted by Crippen LogP contribution is 2.55. The van der Waals surface area contributed by atoms with Crippen molar-refractivity contribution in [2.45, 2.75) is 50.8 Å². The molecule has 0 unspecified atom stereocenters. The van der Waals surface area contributed by atoms with Crippen LogP contribution in [0.5, 0.6) is 0 Å². The van der Waals surface area contributed by atoms with Gasteiger partial charge in [0.1, 0.15) is 0 Å². The van der Waals surface area contributed by atoms with Gasteiger partial charge in [0.15, 0.2) is 0 Å². The number of amides is 2. The molecule has 0 bridgehead atoms. The predicted octanol–water partition coefficient (Wildman–Crippen LogP) is 6.09. The van der Waals surface area contributed by atoms with Crippen LogP contribution in [0.1, 0.15) is 50.0 Å². The number of sulfonamides is 1. The van der Waals surface area contributed by atoms with Crippen LogP contribution in [0.25, 0.3) is 11.1 Å². The van der Waals surface area contributed by atoms with Crippen LogP contribution in [0.4, 0.5) is 11.4 Å². The van der Waals surface area contributed by atoms with Gasteiger partial charge in [0.2, 0.25) is 15.9 Å². The van der Waals surface area contributed by atoms with E-state index in [4.69, 9.17) is 11.6 Å². The van der Waals surface area contributed by atoms with Crippen LogP contribution < -0.4 is 4.90 Å². The molecule has 2 heterocycles. The summed E-state index contributed by atoms with van der Waals surface area (Å²) < 4.78 is 28.5. The van der Waals surface area contributed by atoms with Gasteiger partial charge in [0.05, 0.1) is 26.9 Å². The lowest BCUT2D eigenvalue weighted by atomic mass is 9.71. The summed E-state index contributed by atoms with van der Waals surface area (Å²) in [5.74, 6) is -0.370. The topological polar surface area (TPSA) is 78.0 Å². The van der Waals surface area contributed by atoms with Crippen molar-refractivity contribution in [3.8, 4) is 11.1 Å². The van der Waals surface area contributed by atoms with Crippen molar-refractivity contribution >= 4 is 44.8 Å². The number of halogens is 1. The quantitative estimate of drug-likeness (QED) is 0.346. The second-order valence-corrected chi connectivity index (χ2v) is 14.6. The number of fused-ring (bicyclic) bond motifs is 2. The molecule has 5 rings (SSSR count). The van der Waals surface area contributed by atoms with Gasteiger partial charge in [-0.2, -0.15) is 4.31 Å². The molecule has 216 valence electrons. The summed E-state index contributed by atoms with van der Waals surface area (Å²) in [5.41, 5.74) is 3.42. The average molecular weight is 594 g/mol. The van der Waals surface area contributed by atoms with E-state index >= 15 is 0 Å². The van der Waals surface area contributed by atoms with E-state index in [2.05, 4.69) is 0 Å². The number of benzene rings is 3. The molecule has 0 aromatic heterocycles. The molecule has 9 heteroatoms. The normalized spacial score (nSPS) is 20.9. The van der Waals surface area contributed by atoms with Crippen molar-refractivity contribution in [3.63, 3.8) is 0 Å². The van der Waals surface area contributed by atoms with Gasteiger partial charge < -0.3 is 4.90 Å². The summed E-state index contributed by atoms with van der Waals surface area (Å²) in [6.07, 6.45) is 0.421. The van der Waals surface area contributed by atoms with Gasteiger partial charge >= 0.3 is 0 Å². The minimum atomic E-state index is -3.58. The van der Waals surface area contributed by atoms with Crippen molar-refractivity contribution in [1.29, 1.82) is 0 Å². The Hall–Kier alpha value is -3.20. The highest BCUT2D eigenvalue weighted by atomic mass is 35.5. The van der Waals surface area contributed by atoms with Crippen LogP contribution >= 0.6 is 11.6 Å². The highest BCUT2D eigenvalue weighted by Gasteiger charge is 2.63. The molecule has 2 amide bonds. The first-order valence-corrected chi connectivity index (χ1v) is 15.8. The largest absolute Gasteiger partial charge is 0.345 e. The Bertz CT molecular complexity index is 1640. The maximum atomic E-state index is 14.7. The second kappa shape index (κ2) is 10.6. The maximum absolute atomic E-state index is 14.7. The van der Waals surface area contributed by atoms with E-state index in [1.165, 1.54) is 4.90 Å². The first-order valence-electron chi connectivity index (χ1n) is 13.9. The van der Waals surface area contributed by atoms with Crippen molar-refractivity contribution in [3.05, 3.63) is 82.9 Å². The third-order valence-electron chi connectivity index (χ3n) is 8.35. The summed E-state index contributed by atoms with van der Waals surface area (Å²) in [4.78, 5) is 30.4. The van der Waals surface area contributed by atoms with E-state index in [-0.39, 0.29) is 17.7 Å². The molecule has 1 saturated heterocycles. The number of rotatable bonds is 6. The predicted molar refractivity (Wildman–Crippen MR) is 164 cm³/mol. The fourth-order valence-electron chi connectivity index (χ4n) is 6.46. The van der Waals surface area contributed by atoms with Crippen molar-refractivity contribution in [1.82, 2.24) is 9.21 Å². The van der Waals surface area contributed by atoms with Crippen LogP contribution in [0, 0.1) is 5.92 Å². The number of carbonyl (C=O) groups excluding carboxylic acids is 2. The zero-order valence-corrected chi connectivity index (χ0v) is 25.8. The fourth-order valence-corrected chi connectivity index (χ4v) is 8.35. The van der Waals surface area contributed by atoms with E-state index in [9.17, 15) is 18.0 Å². The molecule has 7 nitrogen and oxygen atoms in total. The second-order valence-electron chi connectivity index (χ2n) is 11.7. The van der Waals surface area contributed by atoms with Gasteiger partial charge in [-0.15, -0.1) is 0 Å². The SMILES string of the molecule is CC(C)[C@@H]1N(S(=O)(=O)C(C)C)CC[C@@]12C(=O)N(c1cccc(-c3ccc(C(=O)N(C)C)c(Cl)c3)c1)c1ccccc12. The summed E-state index contributed by atoms with van der Waals surface area (Å²) in [6.45, 7) is 7.67. The van der Waals surface area contributed by atoms with Gasteiger partial charge in [0, 0.05) is 32.4 Å². The minimum Gasteiger partial charge on any atom is -0.345 e. The monoisotopic (exact) mass is 593 g/mol. The molecule has 3 aromatic rings. The molecule has 3 aromatic carbocycles. The molecule has 41 heavy (non-hydrogen) atoms. The van der Waals surface area contributed by atoms with Crippen molar-refractivity contribution in [2.75, 3.05) is 25.5 Å². The molecular weight excluding hydrogens is 558 g/mol. The Kier molecular flexibility index (Phi) is 7.55. The van der Waals surface area contributed by atoms with Crippen LogP contribution in [0.2, 0.25) is 5.02 Å². The van der Waals surface area contributed by atoms with E-state index in [1.807, 2.05) is 68.4 Å². The number of nitrogens with zero attached hydrogens (tertiary/aromatic N) is 3. The third-order valence-corrected chi connectivity index (χ3v) is 10.9. The van der Waals surface area contributed by atoms with Crippen molar-refractivity contribution < 1.29 is 18.0 Å². The molecule has 1 spiro atoms. The first kappa shape index (κ1) is 29.3. The molecule has 1 fully saturated rings. The Labute approximate surface area is 247 Å². The average Bonchev–Trinajstić information content (AvgIpc) is 3.46. The fraction of sp³-hybridized carbons (Fsp3) is 0.375. The van der Waals surface area contributed by atoms with E-state index in [0.717, 1.165) is 22.4 Å². The summed E-state index contributed by atoms with van der Waals surface area (Å²) in [6, 6.07) is 20.2. The van der Waals surface area contributed by atoms with Crippen LogP contribution in [0.15, 0.2) is 66.7 Å². The van der Waals surface area contributed by atoms with Gasteiger partial charge in [0.25, 0.3) is 5.91 Å². The Balaban J connectivity index is 1.60. The minimum absolute atomic E-state index is 0.0835. The van der Waals surface area contributed by atoms with Gasteiger partial charge in [-0.05, 0) is 73.2 Å². The number of anilines is 2. The summed E-state index contributed by atoms with van der Waals surface area (Å²) in [5, 5.41) is -0.227. The van der Waals surface area contributed by atoms with Gasteiger partial charge in [-0.3, -0.25) is 14.5 Å². The van der Waals surface area contributed by atoms with E-state index in [1.54, 1.807) is 49.3 Å². The number of hydrogen-bond donors (Lipinski definition) is 0. The van der Waals surface area contributed by atoms with E-state index in [0.29, 0.717) is 29.2 Å².